The van der Waals surface area contributed by atoms with Gasteiger partial charge in [-0.2, -0.15) is 5.26 Å². The molecule has 1 saturated heterocycles. The predicted molar refractivity (Wildman–Crippen MR) is 124 cm³/mol. The van der Waals surface area contributed by atoms with Gasteiger partial charge in [0.1, 0.15) is 19.3 Å². The highest BCUT2D eigenvalue weighted by atomic mass is 16.6. The van der Waals surface area contributed by atoms with Crippen LogP contribution in [0.4, 0.5) is 0 Å². The minimum absolute atomic E-state index is 0.00291. The number of morpholine rings is 1. The number of carbonyl (C=O) groups is 1. The van der Waals surface area contributed by atoms with Gasteiger partial charge >= 0.3 is 0 Å². The molecular formula is C26H31N3O4. The molecule has 7 nitrogen and oxygen atoms in total. The lowest BCUT2D eigenvalue weighted by Gasteiger charge is -2.35. The number of nitrogens with zero attached hydrogens (tertiary/aromatic N) is 3. The molecule has 1 amide bonds. The first kappa shape index (κ1) is 23.1. The molecule has 2 heterocycles. The largest absolute Gasteiger partial charge is 0.486 e. The molecule has 174 valence electrons. The van der Waals surface area contributed by atoms with Crippen molar-refractivity contribution in [3.8, 4) is 17.6 Å². The van der Waals surface area contributed by atoms with Crippen molar-refractivity contribution in [1.82, 2.24) is 9.80 Å². The fourth-order valence-corrected chi connectivity index (χ4v) is 4.29. The molecule has 2 aliphatic rings. The van der Waals surface area contributed by atoms with Crippen molar-refractivity contribution >= 4 is 5.91 Å². The van der Waals surface area contributed by atoms with E-state index in [1.165, 1.54) is 0 Å². The molecule has 0 aromatic heterocycles. The van der Waals surface area contributed by atoms with E-state index >= 15 is 0 Å². The van der Waals surface area contributed by atoms with Gasteiger partial charge in [0, 0.05) is 32.7 Å². The average molecular weight is 450 g/mol. The standard InChI is InChI=1S/C26H31N3O4/c1-19(2)15-29(16-20-7-8-23-24(13-20)33-12-11-32-23)26(30)25-18-28(9-10-31-25)17-22-6-4-3-5-21(22)14-27/h3-8,13,19,25H,9-12,15-18H2,1-2H3. The summed E-state index contributed by atoms with van der Waals surface area (Å²) in [6.45, 7) is 8.80. The Kier molecular flexibility index (Phi) is 7.48. The lowest BCUT2D eigenvalue weighted by molar-refractivity contribution is -0.151. The van der Waals surface area contributed by atoms with Crippen LogP contribution in [-0.2, 0) is 22.6 Å². The van der Waals surface area contributed by atoms with Gasteiger partial charge in [0.15, 0.2) is 11.5 Å². The number of amides is 1. The normalized spacial score (nSPS) is 18.1. The second-order valence-corrected chi connectivity index (χ2v) is 8.95. The number of rotatable bonds is 7. The second kappa shape index (κ2) is 10.7. The number of ether oxygens (including phenoxy) is 3. The maximum Gasteiger partial charge on any atom is 0.253 e. The van der Waals surface area contributed by atoms with Gasteiger partial charge in [0.05, 0.1) is 18.2 Å². The summed E-state index contributed by atoms with van der Waals surface area (Å²) >= 11 is 0. The maximum absolute atomic E-state index is 13.5. The molecule has 2 aromatic carbocycles. The van der Waals surface area contributed by atoms with Crippen molar-refractivity contribution in [3.05, 3.63) is 59.2 Å². The molecule has 2 aromatic rings. The molecule has 4 rings (SSSR count). The van der Waals surface area contributed by atoms with Crippen molar-refractivity contribution in [2.75, 3.05) is 39.5 Å². The average Bonchev–Trinajstić information content (AvgIpc) is 2.83. The lowest BCUT2D eigenvalue weighted by Crippen LogP contribution is -2.51. The first-order valence-electron chi connectivity index (χ1n) is 11.5. The summed E-state index contributed by atoms with van der Waals surface area (Å²) in [4.78, 5) is 17.6. The first-order valence-corrected chi connectivity index (χ1v) is 11.5. The summed E-state index contributed by atoms with van der Waals surface area (Å²) in [6.07, 6.45) is -0.524. The van der Waals surface area contributed by atoms with Crippen LogP contribution in [0.25, 0.3) is 0 Å². The Morgan fingerprint density at radius 2 is 1.94 bits per heavy atom. The fourth-order valence-electron chi connectivity index (χ4n) is 4.29. The van der Waals surface area contributed by atoms with Gasteiger partial charge in [-0.1, -0.05) is 38.1 Å². The number of carbonyl (C=O) groups excluding carboxylic acids is 1. The van der Waals surface area contributed by atoms with E-state index < -0.39 is 6.10 Å². The molecule has 33 heavy (non-hydrogen) atoms. The fraction of sp³-hybridized carbons (Fsp3) is 0.462. The molecule has 0 bridgehead atoms. The zero-order chi connectivity index (χ0) is 23.2. The van der Waals surface area contributed by atoms with Crippen LogP contribution in [0.2, 0.25) is 0 Å². The molecular weight excluding hydrogens is 418 g/mol. The number of fused-ring (bicyclic) bond motifs is 1. The molecule has 7 heteroatoms. The summed E-state index contributed by atoms with van der Waals surface area (Å²) in [5.74, 6) is 1.80. The van der Waals surface area contributed by atoms with E-state index in [9.17, 15) is 10.1 Å². The third kappa shape index (κ3) is 5.84. The molecule has 1 unspecified atom stereocenters. The van der Waals surface area contributed by atoms with Gasteiger partial charge in [-0.25, -0.2) is 0 Å². The van der Waals surface area contributed by atoms with Crippen molar-refractivity contribution in [2.24, 2.45) is 5.92 Å². The van der Waals surface area contributed by atoms with Crippen LogP contribution in [0.15, 0.2) is 42.5 Å². The van der Waals surface area contributed by atoms with Crippen LogP contribution in [0.3, 0.4) is 0 Å². The maximum atomic E-state index is 13.5. The Labute approximate surface area is 195 Å². The summed E-state index contributed by atoms with van der Waals surface area (Å²) < 4.78 is 17.2. The summed E-state index contributed by atoms with van der Waals surface area (Å²) in [5, 5.41) is 9.39. The molecule has 0 N–H and O–H groups in total. The van der Waals surface area contributed by atoms with E-state index in [-0.39, 0.29) is 5.91 Å². The van der Waals surface area contributed by atoms with Crippen molar-refractivity contribution < 1.29 is 19.0 Å². The molecule has 1 atom stereocenters. The van der Waals surface area contributed by atoms with Gasteiger partial charge in [0.25, 0.3) is 5.91 Å². The van der Waals surface area contributed by atoms with Crippen LogP contribution in [-0.4, -0.2) is 61.3 Å². The Bertz CT molecular complexity index is 1020. The number of hydrogen-bond acceptors (Lipinski definition) is 6. The molecule has 2 aliphatic heterocycles. The lowest BCUT2D eigenvalue weighted by atomic mass is 10.1. The third-order valence-corrected chi connectivity index (χ3v) is 5.84. The van der Waals surface area contributed by atoms with Crippen molar-refractivity contribution in [2.45, 2.75) is 33.0 Å². The van der Waals surface area contributed by atoms with E-state index in [1.807, 2.05) is 47.4 Å². The van der Waals surface area contributed by atoms with E-state index in [2.05, 4.69) is 24.8 Å². The van der Waals surface area contributed by atoms with E-state index in [0.717, 1.165) is 29.2 Å². The highest BCUT2D eigenvalue weighted by Crippen LogP contribution is 2.31. The van der Waals surface area contributed by atoms with Crippen LogP contribution >= 0.6 is 0 Å². The van der Waals surface area contributed by atoms with Crippen LogP contribution in [0.1, 0.15) is 30.5 Å². The molecule has 1 fully saturated rings. The van der Waals surface area contributed by atoms with Crippen LogP contribution in [0.5, 0.6) is 11.5 Å². The number of hydrogen-bond donors (Lipinski definition) is 0. The predicted octanol–water partition coefficient (Wildman–Crippen LogP) is 3.22. The Balaban J connectivity index is 1.45. The molecule has 0 aliphatic carbocycles. The SMILES string of the molecule is CC(C)CN(Cc1ccc2c(c1)OCCO2)C(=O)C1CN(Cc2ccccc2C#N)CCO1. The van der Waals surface area contributed by atoms with E-state index in [0.29, 0.717) is 57.5 Å². The number of nitriles is 1. The zero-order valence-electron chi connectivity index (χ0n) is 19.3. The minimum Gasteiger partial charge on any atom is -0.486 e. The topological polar surface area (TPSA) is 75.0 Å². The Morgan fingerprint density at radius 1 is 1.15 bits per heavy atom. The summed E-state index contributed by atoms with van der Waals surface area (Å²) in [7, 11) is 0. The van der Waals surface area contributed by atoms with E-state index in [1.54, 1.807) is 0 Å². The quantitative estimate of drug-likeness (QED) is 0.646. The highest BCUT2D eigenvalue weighted by Gasteiger charge is 2.31. The molecule has 0 saturated carbocycles. The Morgan fingerprint density at radius 3 is 2.73 bits per heavy atom. The van der Waals surface area contributed by atoms with Gasteiger partial charge in [-0.05, 0) is 35.2 Å². The minimum atomic E-state index is -0.524. The summed E-state index contributed by atoms with van der Waals surface area (Å²) in [6, 6.07) is 15.7. The summed E-state index contributed by atoms with van der Waals surface area (Å²) in [5.41, 5.74) is 2.65. The van der Waals surface area contributed by atoms with Gasteiger partial charge in [-0.3, -0.25) is 9.69 Å². The molecule has 0 spiro atoms. The van der Waals surface area contributed by atoms with Crippen LogP contribution < -0.4 is 9.47 Å². The van der Waals surface area contributed by atoms with Crippen molar-refractivity contribution in [3.63, 3.8) is 0 Å². The van der Waals surface area contributed by atoms with Gasteiger partial charge < -0.3 is 19.1 Å². The van der Waals surface area contributed by atoms with E-state index in [4.69, 9.17) is 14.2 Å². The van der Waals surface area contributed by atoms with Gasteiger partial charge in [-0.15, -0.1) is 0 Å². The monoisotopic (exact) mass is 449 g/mol. The third-order valence-electron chi connectivity index (χ3n) is 5.84. The highest BCUT2D eigenvalue weighted by molar-refractivity contribution is 5.81. The second-order valence-electron chi connectivity index (χ2n) is 8.95. The molecule has 0 radical (unpaired) electrons. The smallest absolute Gasteiger partial charge is 0.253 e. The number of benzene rings is 2. The van der Waals surface area contributed by atoms with Crippen LogP contribution in [0, 0.1) is 17.2 Å². The zero-order valence-corrected chi connectivity index (χ0v) is 19.3. The van der Waals surface area contributed by atoms with Gasteiger partial charge in [0.2, 0.25) is 0 Å². The first-order chi connectivity index (χ1) is 16.0. The van der Waals surface area contributed by atoms with Crippen molar-refractivity contribution in [1.29, 1.82) is 5.26 Å². The Hall–Kier alpha value is -3.08.